The molecule has 4 nitrogen and oxygen atoms in total. The van der Waals surface area contributed by atoms with Crippen molar-refractivity contribution in [1.82, 2.24) is 4.98 Å². The summed E-state index contributed by atoms with van der Waals surface area (Å²) in [6.07, 6.45) is -4.84. The summed E-state index contributed by atoms with van der Waals surface area (Å²) in [4.78, 5) is 3.81. The van der Waals surface area contributed by atoms with Crippen molar-refractivity contribution >= 4 is 15.9 Å². The number of rotatable bonds is 4. The van der Waals surface area contributed by atoms with Crippen molar-refractivity contribution < 1.29 is 27.8 Å². The van der Waals surface area contributed by atoms with Crippen molar-refractivity contribution in [3.8, 4) is 11.6 Å². The van der Waals surface area contributed by atoms with E-state index >= 15 is 0 Å². The fraction of sp³-hybridized carbons (Fsp3) is 0.444. The lowest BCUT2D eigenvalue weighted by molar-refractivity contribution is -0.275. The molecule has 0 saturated carbocycles. The number of ether oxygens (including phenoxy) is 2. The Balaban J connectivity index is 3.19. The van der Waals surface area contributed by atoms with Gasteiger partial charge in [-0.1, -0.05) is 15.9 Å². The molecule has 8 heteroatoms. The molecule has 96 valence electrons. The minimum atomic E-state index is -4.84. The van der Waals surface area contributed by atoms with Crippen LogP contribution in [-0.4, -0.2) is 23.6 Å². The first-order valence-electron chi connectivity index (χ1n) is 4.40. The summed E-state index contributed by atoms with van der Waals surface area (Å²) >= 11 is 3.11. The molecule has 0 spiro atoms. The minimum absolute atomic E-state index is 0.238. The average molecular weight is 316 g/mol. The predicted molar refractivity (Wildman–Crippen MR) is 56.0 cm³/mol. The summed E-state index contributed by atoms with van der Waals surface area (Å²) in [5.41, 5.74) is 0.626. The molecule has 1 aromatic heterocycles. The number of aliphatic hydroxyl groups excluding tert-OH is 1. The molecule has 0 aliphatic rings. The Morgan fingerprint density at radius 2 is 2.12 bits per heavy atom. The number of alkyl halides is 4. The van der Waals surface area contributed by atoms with Gasteiger partial charge < -0.3 is 14.6 Å². The lowest BCUT2D eigenvalue weighted by Gasteiger charge is -2.14. The summed E-state index contributed by atoms with van der Waals surface area (Å²) in [7, 11) is 1.18. The number of nitrogens with zero attached hydrogens (tertiary/aromatic N) is 1. The molecular formula is C9H9BrF3NO3. The molecule has 0 aliphatic carbocycles. The van der Waals surface area contributed by atoms with E-state index in [1.54, 1.807) is 0 Å². The number of halogens is 4. The van der Waals surface area contributed by atoms with E-state index in [9.17, 15) is 13.2 Å². The molecule has 1 N–H and O–H groups in total. The Labute approximate surface area is 103 Å². The van der Waals surface area contributed by atoms with Gasteiger partial charge in [-0.05, 0) is 6.07 Å². The summed E-state index contributed by atoms with van der Waals surface area (Å²) in [5.74, 6) is -0.859. The van der Waals surface area contributed by atoms with Gasteiger partial charge in [-0.25, -0.2) is 4.98 Å². The first kappa shape index (κ1) is 14.0. The number of hydrogen-bond acceptors (Lipinski definition) is 4. The third kappa shape index (κ3) is 3.74. The van der Waals surface area contributed by atoms with Crippen LogP contribution in [0.5, 0.6) is 11.6 Å². The summed E-state index contributed by atoms with van der Waals surface area (Å²) in [6, 6.07) is 1.05. The smallest absolute Gasteiger partial charge is 0.478 e. The van der Waals surface area contributed by atoms with Crippen molar-refractivity contribution in [3.05, 3.63) is 17.3 Å². The van der Waals surface area contributed by atoms with Gasteiger partial charge in [0.1, 0.15) is 0 Å². The van der Waals surface area contributed by atoms with Crippen LogP contribution in [0.4, 0.5) is 13.2 Å². The Hall–Kier alpha value is -1.02. The highest BCUT2D eigenvalue weighted by atomic mass is 79.9. The molecule has 17 heavy (non-hydrogen) atoms. The van der Waals surface area contributed by atoms with E-state index in [4.69, 9.17) is 9.84 Å². The number of pyridine rings is 1. The summed E-state index contributed by atoms with van der Waals surface area (Å²) in [5, 5.41) is 9.28. The first-order chi connectivity index (χ1) is 7.91. The van der Waals surface area contributed by atoms with E-state index in [1.165, 1.54) is 7.11 Å². The molecular weight excluding hydrogens is 307 g/mol. The Morgan fingerprint density at radius 3 is 2.53 bits per heavy atom. The normalized spacial score (nSPS) is 11.4. The highest BCUT2D eigenvalue weighted by Gasteiger charge is 2.33. The highest BCUT2D eigenvalue weighted by Crippen LogP contribution is 2.32. The number of aliphatic hydroxyl groups is 1. The number of aromatic nitrogens is 1. The Bertz CT molecular complexity index is 398. The van der Waals surface area contributed by atoms with Crippen LogP contribution in [0.1, 0.15) is 11.3 Å². The number of methoxy groups -OCH3 is 1. The van der Waals surface area contributed by atoms with Crippen LogP contribution in [0.15, 0.2) is 6.07 Å². The molecule has 0 unspecified atom stereocenters. The second-order valence-corrected chi connectivity index (χ2v) is 3.50. The van der Waals surface area contributed by atoms with Crippen LogP contribution in [-0.2, 0) is 11.9 Å². The fourth-order valence-electron chi connectivity index (χ4n) is 1.15. The third-order valence-corrected chi connectivity index (χ3v) is 2.37. The molecule has 0 aliphatic heterocycles. The molecule has 1 rings (SSSR count). The van der Waals surface area contributed by atoms with Gasteiger partial charge in [-0.3, -0.25) is 0 Å². The van der Waals surface area contributed by atoms with Crippen LogP contribution >= 0.6 is 15.9 Å². The second kappa shape index (κ2) is 5.54. The van der Waals surface area contributed by atoms with Crippen molar-refractivity contribution in [1.29, 1.82) is 0 Å². The lowest BCUT2D eigenvalue weighted by Crippen LogP contribution is -2.18. The maximum absolute atomic E-state index is 12.1. The van der Waals surface area contributed by atoms with Gasteiger partial charge in [-0.15, -0.1) is 13.2 Å². The third-order valence-electron chi connectivity index (χ3n) is 1.84. The van der Waals surface area contributed by atoms with Crippen LogP contribution in [0, 0.1) is 0 Å². The molecule has 0 amide bonds. The van der Waals surface area contributed by atoms with Crippen LogP contribution in [0.2, 0.25) is 0 Å². The summed E-state index contributed by atoms with van der Waals surface area (Å²) in [6.45, 7) is -0.438. The summed E-state index contributed by atoms with van der Waals surface area (Å²) < 4.78 is 44.7. The fourth-order valence-corrected chi connectivity index (χ4v) is 1.63. The lowest BCUT2D eigenvalue weighted by atomic mass is 10.2. The van der Waals surface area contributed by atoms with Crippen LogP contribution < -0.4 is 9.47 Å². The first-order valence-corrected chi connectivity index (χ1v) is 5.52. The van der Waals surface area contributed by atoms with E-state index in [0.717, 1.165) is 6.07 Å². The molecule has 0 radical (unpaired) electrons. The minimum Gasteiger partial charge on any atom is -0.478 e. The molecule has 0 bridgehead atoms. The maximum atomic E-state index is 12.1. The monoisotopic (exact) mass is 315 g/mol. The molecule has 0 fully saturated rings. The molecule has 0 saturated heterocycles. The van der Waals surface area contributed by atoms with Crippen molar-refractivity contribution in [2.24, 2.45) is 0 Å². The topological polar surface area (TPSA) is 51.6 Å². The predicted octanol–water partition coefficient (Wildman–Crippen LogP) is 2.38. The largest absolute Gasteiger partial charge is 0.573 e. The maximum Gasteiger partial charge on any atom is 0.573 e. The van der Waals surface area contributed by atoms with Crippen LogP contribution in [0.25, 0.3) is 0 Å². The standard InChI is InChI=1S/C9H9BrF3NO3/c1-16-8-7(17-9(11,12)13)2-5(4-15)6(3-10)14-8/h2,15H,3-4H2,1H3. The zero-order valence-electron chi connectivity index (χ0n) is 8.71. The Kier molecular flexibility index (Phi) is 4.58. The molecule has 1 heterocycles. The van der Waals surface area contributed by atoms with Crippen molar-refractivity contribution in [2.45, 2.75) is 18.3 Å². The zero-order chi connectivity index (χ0) is 13.1. The van der Waals surface area contributed by atoms with Crippen molar-refractivity contribution in [2.75, 3.05) is 7.11 Å². The van der Waals surface area contributed by atoms with E-state index in [0.29, 0.717) is 5.69 Å². The second-order valence-electron chi connectivity index (χ2n) is 2.94. The van der Waals surface area contributed by atoms with Gasteiger partial charge in [0.2, 0.25) is 0 Å². The Morgan fingerprint density at radius 1 is 1.47 bits per heavy atom. The van der Waals surface area contributed by atoms with E-state index in [-0.39, 0.29) is 16.8 Å². The molecule has 0 aromatic carbocycles. The molecule has 0 atom stereocenters. The van der Waals surface area contributed by atoms with Gasteiger partial charge in [0.25, 0.3) is 5.88 Å². The average Bonchev–Trinajstić information content (AvgIpc) is 2.26. The number of hydrogen-bond donors (Lipinski definition) is 1. The van der Waals surface area contributed by atoms with Gasteiger partial charge in [0.05, 0.1) is 19.4 Å². The van der Waals surface area contributed by atoms with Gasteiger partial charge >= 0.3 is 6.36 Å². The SMILES string of the molecule is COc1nc(CBr)c(CO)cc1OC(F)(F)F. The van der Waals surface area contributed by atoms with E-state index < -0.39 is 18.7 Å². The van der Waals surface area contributed by atoms with Crippen LogP contribution in [0.3, 0.4) is 0 Å². The van der Waals surface area contributed by atoms with E-state index in [1.807, 2.05) is 0 Å². The van der Waals surface area contributed by atoms with Gasteiger partial charge in [0.15, 0.2) is 5.75 Å². The quantitative estimate of drug-likeness (QED) is 0.867. The molecule has 1 aromatic rings. The van der Waals surface area contributed by atoms with E-state index in [2.05, 4.69) is 25.7 Å². The highest BCUT2D eigenvalue weighted by molar-refractivity contribution is 9.08. The zero-order valence-corrected chi connectivity index (χ0v) is 10.3. The van der Waals surface area contributed by atoms with Crippen molar-refractivity contribution in [3.63, 3.8) is 0 Å². The van der Waals surface area contributed by atoms with Gasteiger partial charge in [-0.2, -0.15) is 0 Å². The van der Waals surface area contributed by atoms with Gasteiger partial charge in [0, 0.05) is 10.9 Å².